The van der Waals surface area contributed by atoms with E-state index in [-0.39, 0.29) is 33.1 Å². The molecule has 0 unspecified atom stereocenters. The fraction of sp³-hybridized carbons (Fsp3) is 0.300. The molecule has 28 heavy (non-hydrogen) atoms. The number of nitrogens with zero attached hydrogens (tertiary/aromatic N) is 2. The first-order chi connectivity index (χ1) is 13.4. The molecule has 2 saturated heterocycles. The maximum atomic E-state index is 13.1. The van der Waals surface area contributed by atoms with E-state index in [0.717, 1.165) is 11.1 Å². The van der Waals surface area contributed by atoms with Crippen LogP contribution in [0.5, 0.6) is 0 Å². The Morgan fingerprint density at radius 3 is 1.32 bits per heavy atom. The van der Waals surface area contributed by atoms with Crippen LogP contribution in [0, 0.1) is 0 Å². The Hall–Kier alpha value is -1.34. The van der Waals surface area contributed by atoms with Crippen molar-refractivity contribution in [3.8, 4) is 0 Å². The number of fused-ring (bicyclic) bond motifs is 1. The zero-order valence-electron chi connectivity index (χ0n) is 15.2. The van der Waals surface area contributed by atoms with Crippen LogP contribution in [0.3, 0.4) is 0 Å². The number of halogens is 2. The first kappa shape index (κ1) is 20.0. The quantitative estimate of drug-likeness (QED) is 0.599. The van der Waals surface area contributed by atoms with Crippen molar-refractivity contribution in [1.29, 1.82) is 0 Å². The molecule has 2 aliphatic heterocycles. The maximum absolute atomic E-state index is 13.1. The van der Waals surface area contributed by atoms with Crippen molar-refractivity contribution in [2.24, 2.45) is 0 Å². The summed E-state index contributed by atoms with van der Waals surface area (Å²) in [5.41, 5.74) is 1.89. The Morgan fingerprint density at radius 2 is 1.00 bits per heavy atom. The average molecular weight is 453 g/mol. The van der Waals surface area contributed by atoms with Crippen molar-refractivity contribution in [2.75, 3.05) is 0 Å². The lowest BCUT2D eigenvalue weighted by atomic mass is 10.2. The van der Waals surface area contributed by atoms with Gasteiger partial charge in [-0.05, 0) is 49.2 Å². The molecule has 2 aliphatic rings. The van der Waals surface area contributed by atoms with E-state index in [1.807, 2.05) is 62.4 Å². The highest BCUT2D eigenvalue weighted by atomic mass is 35.5. The maximum Gasteiger partial charge on any atom is 0.255 e. The molecule has 0 bridgehead atoms. The molecule has 2 fully saturated rings. The van der Waals surface area contributed by atoms with Gasteiger partial charge in [-0.2, -0.15) is 0 Å². The predicted octanol–water partition coefficient (Wildman–Crippen LogP) is 5.53. The fourth-order valence-electron chi connectivity index (χ4n) is 3.35. The summed E-state index contributed by atoms with van der Waals surface area (Å²) in [5.74, 6) is -0.133. The van der Waals surface area contributed by atoms with Gasteiger partial charge in [0.25, 0.3) is 11.8 Å². The normalized spacial score (nSPS) is 27.7. The Bertz CT molecular complexity index is 832. The van der Waals surface area contributed by atoms with Crippen LogP contribution in [0.1, 0.15) is 35.7 Å². The van der Waals surface area contributed by atoms with Gasteiger partial charge >= 0.3 is 0 Å². The van der Waals surface area contributed by atoms with E-state index in [0.29, 0.717) is 10.0 Å². The van der Waals surface area contributed by atoms with Crippen LogP contribution in [0.2, 0.25) is 10.0 Å². The number of thioether (sulfide) groups is 2. The Morgan fingerprint density at radius 1 is 0.679 bits per heavy atom. The van der Waals surface area contributed by atoms with Gasteiger partial charge in [0, 0.05) is 10.0 Å². The highest BCUT2D eigenvalue weighted by molar-refractivity contribution is 8.01. The van der Waals surface area contributed by atoms with Crippen molar-refractivity contribution in [3.63, 3.8) is 0 Å². The summed E-state index contributed by atoms with van der Waals surface area (Å²) in [4.78, 5) is 26.3. The number of amides is 2. The fourth-order valence-corrected chi connectivity index (χ4v) is 6.10. The minimum Gasteiger partial charge on any atom is -0.272 e. The molecule has 2 heterocycles. The third kappa shape index (κ3) is 3.52. The highest BCUT2D eigenvalue weighted by Gasteiger charge is 2.50. The molecule has 4 nitrogen and oxygen atoms in total. The minimum absolute atomic E-state index is 0.0667. The minimum atomic E-state index is -0.282. The number of rotatable bonds is 2. The Labute approximate surface area is 182 Å². The molecule has 0 spiro atoms. The van der Waals surface area contributed by atoms with Crippen LogP contribution in [-0.2, 0) is 9.59 Å². The molecule has 4 rings (SSSR count). The molecule has 0 aliphatic carbocycles. The molecular weight excluding hydrogens is 435 g/mol. The topological polar surface area (TPSA) is 40.6 Å². The first-order valence-electron chi connectivity index (χ1n) is 8.84. The van der Waals surface area contributed by atoms with Crippen molar-refractivity contribution in [1.82, 2.24) is 10.0 Å². The van der Waals surface area contributed by atoms with Crippen LogP contribution in [-0.4, -0.2) is 32.3 Å². The van der Waals surface area contributed by atoms with E-state index in [1.54, 1.807) is 10.0 Å². The van der Waals surface area contributed by atoms with Gasteiger partial charge in [0.15, 0.2) is 0 Å². The zero-order valence-corrected chi connectivity index (χ0v) is 18.4. The summed E-state index contributed by atoms with van der Waals surface area (Å²) < 4.78 is 0. The highest BCUT2D eigenvalue weighted by Crippen LogP contribution is 2.51. The molecule has 2 amide bonds. The second kappa shape index (κ2) is 7.82. The molecule has 0 radical (unpaired) electrons. The van der Waals surface area contributed by atoms with Crippen LogP contribution >= 0.6 is 46.7 Å². The lowest BCUT2D eigenvalue weighted by molar-refractivity contribution is -0.170. The summed E-state index contributed by atoms with van der Waals surface area (Å²) in [6.45, 7) is 3.78. The summed E-state index contributed by atoms with van der Waals surface area (Å²) in [6.07, 6.45) is 0. The van der Waals surface area contributed by atoms with Gasteiger partial charge < -0.3 is 0 Å². The van der Waals surface area contributed by atoms with Gasteiger partial charge in [0.1, 0.15) is 10.7 Å². The van der Waals surface area contributed by atoms with Crippen LogP contribution < -0.4 is 0 Å². The smallest absolute Gasteiger partial charge is 0.255 e. The number of hydrogen-bond donors (Lipinski definition) is 0. The third-order valence-electron chi connectivity index (χ3n) is 4.80. The molecule has 2 aromatic carbocycles. The van der Waals surface area contributed by atoms with Gasteiger partial charge in [0.05, 0.1) is 10.5 Å². The van der Waals surface area contributed by atoms with Crippen molar-refractivity contribution in [3.05, 3.63) is 69.7 Å². The molecule has 4 atom stereocenters. The monoisotopic (exact) mass is 452 g/mol. The van der Waals surface area contributed by atoms with Gasteiger partial charge in [-0.25, -0.2) is 10.0 Å². The largest absolute Gasteiger partial charge is 0.272 e. The predicted molar refractivity (Wildman–Crippen MR) is 116 cm³/mol. The molecule has 2 aromatic rings. The van der Waals surface area contributed by atoms with E-state index < -0.39 is 0 Å². The number of hydrogen-bond acceptors (Lipinski definition) is 4. The SMILES string of the molecule is C[C@H]1S[C@@H](c2ccc(Cl)cc2)N2C(=O)[C@@H](C)S[C@H](c3ccc(Cl)cc3)N2C1=O. The van der Waals surface area contributed by atoms with Crippen molar-refractivity contribution < 1.29 is 9.59 Å². The lowest BCUT2D eigenvalue weighted by Gasteiger charge is -2.52. The van der Waals surface area contributed by atoms with Crippen LogP contribution in [0.25, 0.3) is 0 Å². The lowest BCUT2D eigenvalue weighted by Crippen LogP contribution is -2.61. The summed E-state index contributed by atoms with van der Waals surface area (Å²) in [7, 11) is 0. The van der Waals surface area contributed by atoms with E-state index in [9.17, 15) is 9.59 Å². The molecular formula is C20H18Cl2N2O2S2. The Balaban J connectivity index is 1.79. The van der Waals surface area contributed by atoms with E-state index in [4.69, 9.17) is 23.2 Å². The number of carbonyl (C=O) groups is 2. The molecule has 8 heteroatoms. The van der Waals surface area contributed by atoms with Crippen LogP contribution in [0.4, 0.5) is 0 Å². The molecule has 0 N–H and O–H groups in total. The van der Waals surface area contributed by atoms with Gasteiger partial charge in [-0.15, -0.1) is 23.5 Å². The molecule has 0 saturated carbocycles. The van der Waals surface area contributed by atoms with Gasteiger partial charge in [0.2, 0.25) is 0 Å². The van der Waals surface area contributed by atoms with E-state index in [2.05, 4.69) is 0 Å². The second-order valence-corrected chi connectivity index (χ2v) is 10.5. The summed E-state index contributed by atoms with van der Waals surface area (Å²) >= 11 is 15.1. The number of hydrazine groups is 1. The van der Waals surface area contributed by atoms with Gasteiger partial charge in [-0.1, -0.05) is 47.5 Å². The van der Waals surface area contributed by atoms with Crippen LogP contribution in [0.15, 0.2) is 48.5 Å². The standard InChI is InChI=1S/C20H18Cl2N2O2S2/c1-11-17(25)23-20(14-5-9-16(22)10-6-14)28-12(2)18(26)24(23)19(27-11)13-3-7-15(21)8-4-13/h3-12,19-20H,1-2H3/t11-,12-,19-,20+/m1/s1. The first-order valence-corrected chi connectivity index (χ1v) is 11.5. The van der Waals surface area contributed by atoms with Crippen molar-refractivity contribution in [2.45, 2.75) is 35.1 Å². The summed E-state index contributed by atoms with van der Waals surface area (Å²) in [6, 6.07) is 14.9. The van der Waals surface area contributed by atoms with Crippen molar-refractivity contribution >= 4 is 58.5 Å². The number of carbonyl (C=O) groups excluding carboxylic acids is 2. The van der Waals surface area contributed by atoms with Gasteiger partial charge in [-0.3, -0.25) is 9.59 Å². The zero-order chi connectivity index (χ0) is 20.0. The summed E-state index contributed by atoms with van der Waals surface area (Å²) in [5, 5.41) is 3.44. The average Bonchev–Trinajstić information content (AvgIpc) is 2.68. The van der Waals surface area contributed by atoms with E-state index >= 15 is 0 Å². The number of benzene rings is 2. The van der Waals surface area contributed by atoms with E-state index in [1.165, 1.54) is 23.5 Å². The Kier molecular flexibility index (Phi) is 5.58. The third-order valence-corrected chi connectivity index (χ3v) is 7.98. The molecule has 0 aromatic heterocycles. The second-order valence-electron chi connectivity index (χ2n) is 6.73. The molecule has 146 valence electrons.